The number of nitrogens with zero attached hydrogens (tertiary/aromatic N) is 2. The number of amides is 2. The highest BCUT2D eigenvalue weighted by atomic mass is 19.3. The number of hydrogen-bond donors (Lipinski definition) is 0. The number of urea groups is 1. The predicted molar refractivity (Wildman–Crippen MR) is 102 cm³/mol. The third kappa shape index (κ3) is 4.67. The molecule has 0 fully saturated rings. The number of esters is 1. The van der Waals surface area contributed by atoms with Crippen molar-refractivity contribution in [3.63, 3.8) is 0 Å². The van der Waals surface area contributed by atoms with E-state index in [0.29, 0.717) is 28.0 Å². The van der Waals surface area contributed by atoms with Crippen LogP contribution >= 0.6 is 0 Å². The molecule has 160 valence electrons. The van der Waals surface area contributed by atoms with E-state index in [1.807, 2.05) is 0 Å². The van der Waals surface area contributed by atoms with Gasteiger partial charge in [-0.1, -0.05) is 0 Å². The molecule has 29 heavy (non-hydrogen) atoms. The van der Waals surface area contributed by atoms with Crippen molar-refractivity contribution in [3.8, 4) is 5.75 Å². The van der Waals surface area contributed by atoms with Gasteiger partial charge in [0.2, 0.25) is 0 Å². The molecule has 1 atom stereocenters. The summed E-state index contributed by atoms with van der Waals surface area (Å²) in [5.41, 5.74) is 2.31. The zero-order valence-electron chi connectivity index (χ0n) is 17.4. The Kier molecular flexibility index (Phi) is 7.18. The van der Waals surface area contributed by atoms with Crippen LogP contribution in [0.4, 0.5) is 13.6 Å². The number of allylic oxidation sites excluding steroid dienone is 1. The molecular formula is C20H26F2N2O5. The molecule has 0 bridgehead atoms. The Balaban J connectivity index is 2.54. The van der Waals surface area contributed by atoms with Crippen LogP contribution in [0, 0.1) is 13.8 Å². The maximum atomic E-state index is 12.8. The van der Waals surface area contributed by atoms with Crippen LogP contribution in [-0.2, 0) is 14.3 Å². The first kappa shape index (κ1) is 22.6. The third-order valence-electron chi connectivity index (χ3n) is 4.89. The zero-order valence-corrected chi connectivity index (χ0v) is 17.4. The lowest BCUT2D eigenvalue weighted by atomic mass is 9.91. The minimum absolute atomic E-state index is 0.0689. The maximum absolute atomic E-state index is 12.8. The van der Waals surface area contributed by atoms with Crippen molar-refractivity contribution in [1.29, 1.82) is 0 Å². The van der Waals surface area contributed by atoms with Gasteiger partial charge in [0.15, 0.2) is 0 Å². The van der Waals surface area contributed by atoms with Crippen molar-refractivity contribution >= 4 is 12.0 Å². The van der Waals surface area contributed by atoms with Gasteiger partial charge in [0.1, 0.15) is 12.4 Å². The second-order valence-corrected chi connectivity index (χ2v) is 6.85. The number of carbonyl (C=O) groups is 2. The van der Waals surface area contributed by atoms with Crippen molar-refractivity contribution in [2.24, 2.45) is 0 Å². The minimum atomic E-state index is -2.95. The number of likely N-dealkylation sites (N-methyl/N-ethyl adjacent to an activating group) is 1. The fourth-order valence-electron chi connectivity index (χ4n) is 3.42. The highest BCUT2D eigenvalue weighted by Gasteiger charge is 2.39. The van der Waals surface area contributed by atoms with Gasteiger partial charge in [0.05, 0.1) is 18.2 Å². The summed E-state index contributed by atoms with van der Waals surface area (Å²) in [5, 5.41) is 0. The van der Waals surface area contributed by atoms with Crippen molar-refractivity contribution in [2.45, 2.75) is 33.4 Å². The van der Waals surface area contributed by atoms with E-state index >= 15 is 0 Å². The summed E-state index contributed by atoms with van der Waals surface area (Å²) >= 11 is 0. The van der Waals surface area contributed by atoms with Crippen LogP contribution in [0.25, 0.3) is 0 Å². The summed E-state index contributed by atoms with van der Waals surface area (Å²) in [7, 11) is 4.64. The molecule has 0 aromatic heterocycles. The summed E-state index contributed by atoms with van der Waals surface area (Å²) in [4.78, 5) is 28.3. The molecule has 0 N–H and O–H groups in total. The molecule has 1 aromatic rings. The van der Waals surface area contributed by atoms with Crippen LogP contribution in [0.3, 0.4) is 0 Å². The molecule has 2 rings (SSSR count). The van der Waals surface area contributed by atoms with Crippen LogP contribution in [0.5, 0.6) is 5.75 Å². The minimum Gasteiger partial charge on any atom is -0.460 e. The normalized spacial score (nSPS) is 17.3. The van der Waals surface area contributed by atoms with E-state index in [4.69, 9.17) is 9.47 Å². The Morgan fingerprint density at radius 3 is 2.24 bits per heavy atom. The number of halogens is 2. The van der Waals surface area contributed by atoms with Crippen LogP contribution in [0.15, 0.2) is 23.4 Å². The lowest BCUT2D eigenvalue weighted by Gasteiger charge is -2.39. The van der Waals surface area contributed by atoms with E-state index in [2.05, 4.69) is 4.74 Å². The SMILES string of the molecule is COCCOC(=O)C1=C(C)N(C)C(=O)N(C)[C@@H]1c1cc(C)c(OC(F)F)c(C)c1. The Labute approximate surface area is 168 Å². The Morgan fingerprint density at radius 2 is 1.72 bits per heavy atom. The largest absolute Gasteiger partial charge is 0.460 e. The zero-order chi connectivity index (χ0) is 21.9. The van der Waals surface area contributed by atoms with E-state index in [0.717, 1.165) is 0 Å². The lowest BCUT2D eigenvalue weighted by Crippen LogP contribution is -2.47. The molecule has 0 unspecified atom stereocenters. The van der Waals surface area contributed by atoms with E-state index in [9.17, 15) is 18.4 Å². The molecule has 0 saturated heterocycles. The number of aryl methyl sites for hydroxylation is 2. The van der Waals surface area contributed by atoms with Gasteiger partial charge < -0.3 is 24.0 Å². The Bertz CT molecular complexity index is 802. The fourth-order valence-corrected chi connectivity index (χ4v) is 3.42. The topological polar surface area (TPSA) is 68.3 Å². The summed E-state index contributed by atoms with van der Waals surface area (Å²) in [6.07, 6.45) is 0. The molecule has 0 spiro atoms. The van der Waals surface area contributed by atoms with Gasteiger partial charge in [-0.25, -0.2) is 9.59 Å². The highest BCUT2D eigenvalue weighted by Crippen LogP contribution is 2.39. The standard InChI is InChI=1S/C20H26F2N2O5/c1-11-9-14(10-12(2)17(11)29-19(21)22)16-15(18(25)28-8-7-27-6)13(3)23(4)20(26)24(16)5/h9-10,16,19H,7-8H2,1-6H3/t16-/m1/s1. The molecule has 0 aliphatic carbocycles. The molecule has 1 heterocycles. The second-order valence-electron chi connectivity index (χ2n) is 6.85. The molecule has 1 aromatic carbocycles. The van der Waals surface area contributed by atoms with Crippen LogP contribution in [0.1, 0.15) is 29.7 Å². The Hall–Kier alpha value is -2.68. The first-order valence-electron chi connectivity index (χ1n) is 9.03. The molecule has 1 aliphatic rings. The van der Waals surface area contributed by atoms with Gasteiger partial charge in [-0.05, 0) is 49.6 Å². The van der Waals surface area contributed by atoms with Crippen molar-refractivity contribution in [2.75, 3.05) is 34.4 Å². The maximum Gasteiger partial charge on any atom is 0.387 e. The number of carbonyl (C=O) groups excluding carboxylic acids is 2. The molecule has 7 nitrogen and oxygen atoms in total. The van der Waals surface area contributed by atoms with Gasteiger partial charge in [-0.15, -0.1) is 0 Å². The number of benzene rings is 1. The predicted octanol–water partition coefficient (Wildman–Crippen LogP) is 3.41. The van der Waals surface area contributed by atoms with Gasteiger partial charge in [0, 0.05) is 26.9 Å². The molecule has 0 radical (unpaired) electrons. The first-order chi connectivity index (χ1) is 13.6. The van der Waals surface area contributed by atoms with Gasteiger partial charge in [-0.3, -0.25) is 0 Å². The summed E-state index contributed by atoms with van der Waals surface area (Å²) < 4.78 is 40.2. The monoisotopic (exact) mass is 412 g/mol. The van der Waals surface area contributed by atoms with Crippen molar-refractivity contribution in [3.05, 3.63) is 40.1 Å². The van der Waals surface area contributed by atoms with Gasteiger partial charge >= 0.3 is 18.6 Å². The number of hydrogen-bond acceptors (Lipinski definition) is 5. The smallest absolute Gasteiger partial charge is 0.387 e. The van der Waals surface area contributed by atoms with Gasteiger partial charge in [0.25, 0.3) is 0 Å². The van der Waals surface area contributed by atoms with Crippen LogP contribution in [-0.4, -0.2) is 62.8 Å². The molecular weight excluding hydrogens is 386 g/mol. The number of ether oxygens (including phenoxy) is 3. The van der Waals surface area contributed by atoms with Crippen molar-refractivity contribution in [1.82, 2.24) is 9.80 Å². The summed E-state index contributed by atoms with van der Waals surface area (Å²) in [6.45, 7) is 2.30. The molecule has 2 amide bonds. The average molecular weight is 412 g/mol. The van der Waals surface area contributed by atoms with E-state index in [-0.39, 0.29) is 25.0 Å². The van der Waals surface area contributed by atoms with E-state index < -0.39 is 18.6 Å². The molecule has 0 saturated carbocycles. The fraction of sp³-hybridized carbons (Fsp3) is 0.500. The Morgan fingerprint density at radius 1 is 1.14 bits per heavy atom. The number of alkyl halides is 2. The van der Waals surface area contributed by atoms with E-state index in [1.165, 1.54) is 16.9 Å². The first-order valence-corrected chi connectivity index (χ1v) is 9.03. The third-order valence-corrected chi connectivity index (χ3v) is 4.89. The van der Waals surface area contributed by atoms with E-state index in [1.54, 1.807) is 47.0 Å². The summed E-state index contributed by atoms with van der Waals surface area (Å²) in [5.74, 6) is -0.491. The van der Waals surface area contributed by atoms with Crippen molar-refractivity contribution < 1.29 is 32.6 Å². The lowest BCUT2D eigenvalue weighted by molar-refractivity contribution is -0.141. The number of methoxy groups -OCH3 is 1. The average Bonchev–Trinajstić information content (AvgIpc) is 2.65. The number of rotatable bonds is 7. The highest BCUT2D eigenvalue weighted by molar-refractivity contribution is 5.95. The van der Waals surface area contributed by atoms with Crippen LogP contribution < -0.4 is 4.74 Å². The van der Waals surface area contributed by atoms with Crippen LogP contribution in [0.2, 0.25) is 0 Å². The quantitative estimate of drug-likeness (QED) is 0.507. The summed E-state index contributed by atoms with van der Waals surface area (Å²) in [6, 6.07) is 2.25. The second kappa shape index (κ2) is 9.21. The molecule has 9 heteroatoms. The molecule has 1 aliphatic heterocycles. The van der Waals surface area contributed by atoms with Gasteiger partial charge in [-0.2, -0.15) is 8.78 Å².